The predicted molar refractivity (Wildman–Crippen MR) is 70.8 cm³/mol. The molecule has 2 N–H and O–H groups in total. The van der Waals surface area contributed by atoms with Crippen molar-refractivity contribution in [2.45, 2.75) is 19.1 Å². The summed E-state index contributed by atoms with van der Waals surface area (Å²) in [5.74, 6) is -0.288. The van der Waals surface area contributed by atoms with Gasteiger partial charge in [0.1, 0.15) is 6.67 Å². The fourth-order valence-electron chi connectivity index (χ4n) is 2.55. The number of rotatable bonds is 5. The summed E-state index contributed by atoms with van der Waals surface area (Å²) in [6, 6.07) is 3.11. The summed E-state index contributed by atoms with van der Waals surface area (Å²) in [4.78, 5) is 11.0. The molecule has 1 heterocycles. The first-order valence-corrected chi connectivity index (χ1v) is 6.37. The second kappa shape index (κ2) is 6.09. The van der Waals surface area contributed by atoms with Crippen LogP contribution in [0.4, 0.5) is 4.39 Å². The zero-order valence-corrected chi connectivity index (χ0v) is 11.5. The van der Waals surface area contributed by atoms with Gasteiger partial charge in [0.25, 0.3) is 0 Å². The summed E-state index contributed by atoms with van der Waals surface area (Å²) in [7, 11) is 3.01. The molecule has 1 fully saturated rings. The molecule has 0 amide bonds. The molecule has 2 unspecified atom stereocenters. The van der Waals surface area contributed by atoms with Crippen LogP contribution < -0.4 is 14.8 Å². The van der Waals surface area contributed by atoms with Crippen molar-refractivity contribution < 1.29 is 23.8 Å². The SMILES string of the molecule is COc1cc(CF)cc(C2CC(C(=O)O)CN2)c1OC. The second-order valence-corrected chi connectivity index (χ2v) is 4.79. The van der Waals surface area contributed by atoms with Crippen molar-refractivity contribution in [3.8, 4) is 11.5 Å². The van der Waals surface area contributed by atoms with Gasteiger partial charge in [-0.1, -0.05) is 0 Å². The molecular formula is C14H18FNO4. The largest absolute Gasteiger partial charge is 0.493 e. The minimum atomic E-state index is -0.826. The molecule has 5 nitrogen and oxygen atoms in total. The summed E-state index contributed by atoms with van der Waals surface area (Å²) in [5.41, 5.74) is 1.22. The van der Waals surface area contributed by atoms with E-state index in [-0.39, 0.29) is 6.04 Å². The third-order valence-electron chi connectivity index (χ3n) is 3.58. The fraction of sp³-hybridized carbons (Fsp3) is 0.500. The van der Waals surface area contributed by atoms with Gasteiger partial charge in [0.15, 0.2) is 11.5 Å². The number of hydrogen-bond acceptors (Lipinski definition) is 4. The standard InChI is InChI=1S/C14H18FNO4/c1-19-12-4-8(6-15)3-10(13(12)20-2)11-5-9(7-16-11)14(17)18/h3-4,9,11,16H,5-7H2,1-2H3,(H,17,18). The quantitative estimate of drug-likeness (QED) is 0.864. The van der Waals surface area contributed by atoms with E-state index in [2.05, 4.69) is 5.32 Å². The highest BCUT2D eigenvalue weighted by atomic mass is 19.1. The Balaban J connectivity index is 2.37. The minimum Gasteiger partial charge on any atom is -0.493 e. The number of benzene rings is 1. The molecule has 0 aromatic heterocycles. The molecule has 0 aliphatic carbocycles. The van der Waals surface area contributed by atoms with E-state index in [4.69, 9.17) is 14.6 Å². The topological polar surface area (TPSA) is 67.8 Å². The number of alkyl halides is 1. The van der Waals surface area contributed by atoms with Gasteiger partial charge in [-0.05, 0) is 24.1 Å². The maximum absolute atomic E-state index is 12.9. The number of halogens is 1. The highest BCUT2D eigenvalue weighted by Crippen LogP contribution is 2.40. The lowest BCUT2D eigenvalue weighted by molar-refractivity contribution is -0.141. The lowest BCUT2D eigenvalue weighted by atomic mass is 9.97. The normalized spacial score (nSPS) is 21.8. The van der Waals surface area contributed by atoms with Crippen LogP contribution in [0, 0.1) is 5.92 Å². The Hall–Kier alpha value is -1.82. The highest BCUT2D eigenvalue weighted by molar-refractivity contribution is 5.71. The number of methoxy groups -OCH3 is 2. The van der Waals surface area contributed by atoms with Crippen LogP contribution in [0.15, 0.2) is 12.1 Å². The van der Waals surface area contributed by atoms with E-state index >= 15 is 0 Å². The molecule has 110 valence electrons. The molecule has 0 bridgehead atoms. The van der Waals surface area contributed by atoms with Gasteiger partial charge in [-0.25, -0.2) is 4.39 Å². The van der Waals surface area contributed by atoms with E-state index in [0.29, 0.717) is 30.0 Å². The van der Waals surface area contributed by atoms with Crippen LogP contribution in [-0.4, -0.2) is 31.8 Å². The molecule has 1 aliphatic heterocycles. The Morgan fingerprint density at radius 1 is 1.45 bits per heavy atom. The second-order valence-electron chi connectivity index (χ2n) is 4.79. The third-order valence-corrected chi connectivity index (χ3v) is 3.58. The zero-order valence-electron chi connectivity index (χ0n) is 11.5. The molecule has 6 heteroatoms. The first-order valence-electron chi connectivity index (χ1n) is 6.37. The number of carbonyl (C=O) groups is 1. The Bertz CT molecular complexity index is 506. The molecule has 0 saturated carbocycles. The molecule has 20 heavy (non-hydrogen) atoms. The average Bonchev–Trinajstić information content (AvgIpc) is 2.95. The van der Waals surface area contributed by atoms with Crippen LogP contribution in [-0.2, 0) is 11.5 Å². The summed E-state index contributed by atoms with van der Waals surface area (Å²) >= 11 is 0. The first kappa shape index (κ1) is 14.6. The van der Waals surface area contributed by atoms with Crippen molar-refractivity contribution >= 4 is 5.97 Å². The molecule has 0 radical (unpaired) electrons. The molecule has 1 aliphatic rings. The number of hydrogen-bond donors (Lipinski definition) is 2. The molecule has 2 rings (SSSR count). The third kappa shape index (κ3) is 2.70. The monoisotopic (exact) mass is 283 g/mol. The maximum atomic E-state index is 12.9. The molecule has 2 atom stereocenters. The lowest BCUT2D eigenvalue weighted by Gasteiger charge is -2.18. The predicted octanol–water partition coefficient (Wildman–Crippen LogP) is 1.91. The zero-order chi connectivity index (χ0) is 14.7. The maximum Gasteiger partial charge on any atom is 0.307 e. The van der Waals surface area contributed by atoms with Crippen molar-refractivity contribution in [2.75, 3.05) is 20.8 Å². The number of nitrogens with one attached hydrogen (secondary N) is 1. The van der Waals surface area contributed by atoms with Gasteiger partial charge in [0, 0.05) is 18.2 Å². The van der Waals surface area contributed by atoms with E-state index < -0.39 is 18.6 Å². The lowest BCUT2D eigenvalue weighted by Crippen LogP contribution is -2.17. The first-order chi connectivity index (χ1) is 9.60. The molecule has 1 aromatic rings. The van der Waals surface area contributed by atoms with Crippen LogP contribution >= 0.6 is 0 Å². The van der Waals surface area contributed by atoms with Crippen LogP contribution in [0.2, 0.25) is 0 Å². The van der Waals surface area contributed by atoms with Crippen molar-refractivity contribution in [3.63, 3.8) is 0 Å². The van der Waals surface area contributed by atoms with Crippen molar-refractivity contribution in [1.82, 2.24) is 5.32 Å². The van der Waals surface area contributed by atoms with Crippen molar-refractivity contribution in [3.05, 3.63) is 23.3 Å². The molecular weight excluding hydrogens is 265 g/mol. The Morgan fingerprint density at radius 2 is 2.20 bits per heavy atom. The van der Waals surface area contributed by atoms with Gasteiger partial charge < -0.3 is 19.9 Å². The summed E-state index contributed by atoms with van der Waals surface area (Å²) in [6.07, 6.45) is 0.449. The smallest absolute Gasteiger partial charge is 0.307 e. The van der Waals surface area contributed by atoms with E-state index in [0.717, 1.165) is 5.56 Å². The van der Waals surface area contributed by atoms with Crippen LogP contribution in [0.3, 0.4) is 0 Å². The van der Waals surface area contributed by atoms with Gasteiger partial charge in [-0.3, -0.25) is 4.79 Å². The van der Waals surface area contributed by atoms with Crippen LogP contribution in [0.25, 0.3) is 0 Å². The number of carboxylic acid groups (broad SMARTS) is 1. The Morgan fingerprint density at radius 3 is 2.70 bits per heavy atom. The Labute approximate surface area is 116 Å². The van der Waals surface area contributed by atoms with Crippen molar-refractivity contribution in [1.29, 1.82) is 0 Å². The fourth-order valence-corrected chi connectivity index (χ4v) is 2.55. The Kier molecular flexibility index (Phi) is 4.44. The van der Waals surface area contributed by atoms with E-state index in [1.54, 1.807) is 12.1 Å². The number of aliphatic carboxylic acids is 1. The number of carboxylic acids is 1. The highest BCUT2D eigenvalue weighted by Gasteiger charge is 2.32. The van der Waals surface area contributed by atoms with Gasteiger partial charge in [0.2, 0.25) is 0 Å². The van der Waals surface area contributed by atoms with Crippen LogP contribution in [0.5, 0.6) is 11.5 Å². The molecule has 1 aromatic carbocycles. The van der Waals surface area contributed by atoms with Gasteiger partial charge in [-0.2, -0.15) is 0 Å². The van der Waals surface area contributed by atoms with Crippen LogP contribution in [0.1, 0.15) is 23.6 Å². The molecule has 1 saturated heterocycles. The van der Waals surface area contributed by atoms with Gasteiger partial charge in [-0.15, -0.1) is 0 Å². The minimum absolute atomic E-state index is 0.175. The molecule has 0 spiro atoms. The van der Waals surface area contributed by atoms with Crippen molar-refractivity contribution in [2.24, 2.45) is 5.92 Å². The summed E-state index contributed by atoms with van der Waals surface area (Å²) < 4.78 is 23.5. The van der Waals surface area contributed by atoms with E-state index in [9.17, 15) is 9.18 Å². The number of ether oxygens (including phenoxy) is 2. The summed E-state index contributed by atoms with van der Waals surface area (Å²) in [5, 5.41) is 12.2. The van der Waals surface area contributed by atoms with Gasteiger partial charge in [0.05, 0.1) is 20.1 Å². The van der Waals surface area contributed by atoms with Gasteiger partial charge >= 0.3 is 5.97 Å². The summed E-state index contributed by atoms with van der Waals surface area (Å²) in [6.45, 7) is -0.215. The van der Waals surface area contributed by atoms with E-state index in [1.165, 1.54) is 14.2 Å². The average molecular weight is 283 g/mol. The van der Waals surface area contributed by atoms with E-state index in [1.807, 2.05) is 0 Å².